The van der Waals surface area contributed by atoms with Crippen molar-refractivity contribution in [1.82, 2.24) is 9.88 Å². The fourth-order valence-electron chi connectivity index (χ4n) is 4.74. The number of ether oxygens (including phenoxy) is 1. The SMILES string of the molecule is COc1ccc2nccc([C@@H](O)C3CC4CCN3CC4CCO)c2c1. The van der Waals surface area contributed by atoms with E-state index in [1.807, 2.05) is 24.3 Å². The Morgan fingerprint density at radius 3 is 2.96 bits per heavy atom. The van der Waals surface area contributed by atoms with Crippen LogP contribution in [-0.2, 0) is 0 Å². The molecule has 4 unspecified atom stereocenters. The molecule has 25 heavy (non-hydrogen) atoms. The molecule has 5 atom stereocenters. The average Bonchev–Trinajstić information content (AvgIpc) is 2.67. The van der Waals surface area contributed by atoms with Crippen molar-refractivity contribution >= 4 is 10.9 Å². The Bertz CT molecular complexity index is 751. The number of piperidine rings is 3. The summed E-state index contributed by atoms with van der Waals surface area (Å²) in [4.78, 5) is 6.84. The first kappa shape index (κ1) is 16.8. The first-order valence-corrected chi connectivity index (χ1v) is 9.17. The molecular formula is C20H26N2O3. The van der Waals surface area contributed by atoms with Crippen LogP contribution in [0.1, 0.15) is 30.9 Å². The van der Waals surface area contributed by atoms with Gasteiger partial charge in [0, 0.05) is 30.8 Å². The molecule has 3 fully saturated rings. The molecule has 0 amide bonds. The van der Waals surface area contributed by atoms with Crippen LogP contribution in [0.3, 0.4) is 0 Å². The van der Waals surface area contributed by atoms with E-state index >= 15 is 0 Å². The molecule has 4 heterocycles. The van der Waals surface area contributed by atoms with E-state index in [9.17, 15) is 10.2 Å². The summed E-state index contributed by atoms with van der Waals surface area (Å²) in [5.41, 5.74) is 1.81. The normalized spacial score (nSPS) is 29.7. The van der Waals surface area contributed by atoms with Gasteiger partial charge in [0.25, 0.3) is 0 Å². The topological polar surface area (TPSA) is 65.8 Å². The van der Waals surface area contributed by atoms with E-state index in [0.29, 0.717) is 11.8 Å². The summed E-state index contributed by atoms with van der Waals surface area (Å²) >= 11 is 0. The highest BCUT2D eigenvalue weighted by Gasteiger charge is 2.42. The van der Waals surface area contributed by atoms with Crippen molar-refractivity contribution < 1.29 is 14.9 Å². The molecule has 3 aliphatic heterocycles. The molecule has 0 radical (unpaired) electrons. The molecule has 3 saturated heterocycles. The molecule has 2 N–H and O–H groups in total. The average molecular weight is 342 g/mol. The number of hydrogen-bond donors (Lipinski definition) is 2. The maximum atomic E-state index is 11.2. The lowest BCUT2D eigenvalue weighted by atomic mass is 9.72. The third kappa shape index (κ3) is 3.01. The van der Waals surface area contributed by atoms with Gasteiger partial charge in [-0.05, 0) is 67.5 Å². The minimum Gasteiger partial charge on any atom is -0.497 e. The number of nitrogens with zero attached hydrogens (tertiary/aromatic N) is 2. The van der Waals surface area contributed by atoms with Gasteiger partial charge in [-0.2, -0.15) is 0 Å². The molecule has 5 nitrogen and oxygen atoms in total. The molecule has 2 aromatic rings. The van der Waals surface area contributed by atoms with E-state index in [0.717, 1.165) is 48.1 Å². The molecule has 134 valence electrons. The van der Waals surface area contributed by atoms with Crippen molar-refractivity contribution in [2.45, 2.75) is 31.4 Å². The van der Waals surface area contributed by atoms with E-state index in [1.54, 1.807) is 13.3 Å². The number of pyridine rings is 1. The summed E-state index contributed by atoms with van der Waals surface area (Å²) in [6.45, 7) is 2.29. The van der Waals surface area contributed by atoms with E-state index < -0.39 is 6.10 Å². The van der Waals surface area contributed by atoms with Gasteiger partial charge < -0.3 is 14.9 Å². The summed E-state index contributed by atoms with van der Waals surface area (Å²) < 4.78 is 5.35. The van der Waals surface area contributed by atoms with Crippen molar-refractivity contribution in [2.75, 3.05) is 26.8 Å². The van der Waals surface area contributed by atoms with Gasteiger partial charge in [0.1, 0.15) is 5.75 Å². The number of benzene rings is 1. The minimum atomic E-state index is -0.532. The van der Waals surface area contributed by atoms with Crippen LogP contribution >= 0.6 is 0 Å². The fourth-order valence-corrected chi connectivity index (χ4v) is 4.74. The van der Waals surface area contributed by atoms with Crippen LogP contribution < -0.4 is 4.74 Å². The second-order valence-electron chi connectivity index (χ2n) is 7.35. The Balaban J connectivity index is 1.63. The predicted octanol–water partition coefficient (Wildman–Crippen LogP) is 2.37. The first-order valence-electron chi connectivity index (χ1n) is 9.17. The van der Waals surface area contributed by atoms with E-state index in [1.165, 1.54) is 6.42 Å². The number of aliphatic hydroxyl groups excluding tert-OH is 2. The van der Waals surface area contributed by atoms with Gasteiger partial charge in [-0.1, -0.05) is 0 Å². The Kier molecular flexibility index (Phi) is 4.63. The number of aliphatic hydroxyl groups is 2. The second-order valence-corrected chi connectivity index (χ2v) is 7.35. The highest BCUT2D eigenvalue weighted by molar-refractivity contribution is 5.83. The van der Waals surface area contributed by atoms with E-state index in [2.05, 4.69) is 9.88 Å². The van der Waals surface area contributed by atoms with Gasteiger partial charge >= 0.3 is 0 Å². The lowest BCUT2D eigenvalue weighted by molar-refractivity contribution is -0.0599. The van der Waals surface area contributed by atoms with Crippen LogP contribution in [0.2, 0.25) is 0 Å². The van der Waals surface area contributed by atoms with Gasteiger partial charge in [-0.3, -0.25) is 9.88 Å². The van der Waals surface area contributed by atoms with Crippen LogP contribution in [0.4, 0.5) is 0 Å². The zero-order chi connectivity index (χ0) is 17.4. The maximum Gasteiger partial charge on any atom is 0.119 e. The summed E-state index contributed by atoms with van der Waals surface area (Å²) in [7, 11) is 1.65. The zero-order valence-electron chi connectivity index (χ0n) is 14.6. The Labute approximate surface area is 148 Å². The van der Waals surface area contributed by atoms with Gasteiger partial charge in [0.2, 0.25) is 0 Å². The highest BCUT2D eigenvalue weighted by atomic mass is 16.5. The molecule has 5 rings (SSSR count). The first-order chi connectivity index (χ1) is 12.2. The third-order valence-corrected chi connectivity index (χ3v) is 6.10. The zero-order valence-corrected chi connectivity index (χ0v) is 14.6. The van der Waals surface area contributed by atoms with Crippen LogP contribution in [0, 0.1) is 11.8 Å². The lowest BCUT2D eigenvalue weighted by Crippen LogP contribution is -2.55. The van der Waals surface area contributed by atoms with Gasteiger partial charge in [-0.15, -0.1) is 0 Å². The van der Waals surface area contributed by atoms with Crippen LogP contribution in [0.5, 0.6) is 5.75 Å². The summed E-state index contributed by atoms with van der Waals surface area (Å²) in [6, 6.07) is 7.88. The van der Waals surface area contributed by atoms with Crippen LogP contribution in [0.25, 0.3) is 10.9 Å². The monoisotopic (exact) mass is 342 g/mol. The standard InChI is InChI=1S/C20H26N2O3/c1-25-15-2-3-18-17(11-15)16(4-7-21-18)20(24)19-10-13-5-8-22(19)12-14(13)6-9-23/h2-4,7,11,13-14,19-20,23-24H,5-6,8-10,12H2,1H3/t13?,14?,19?,20-/m1/s1. The molecule has 0 saturated carbocycles. The molecular weight excluding hydrogens is 316 g/mol. The molecule has 1 aromatic carbocycles. The quantitative estimate of drug-likeness (QED) is 0.873. The number of fused-ring (bicyclic) bond motifs is 4. The van der Waals surface area contributed by atoms with E-state index in [-0.39, 0.29) is 12.6 Å². The summed E-state index contributed by atoms with van der Waals surface area (Å²) in [5.74, 6) is 1.96. The largest absolute Gasteiger partial charge is 0.497 e. The van der Waals surface area contributed by atoms with Gasteiger partial charge in [0.05, 0.1) is 18.7 Å². The molecule has 0 aliphatic carbocycles. The van der Waals surface area contributed by atoms with E-state index in [4.69, 9.17) is 4.74 Å². The van der Waals surface area contributed by atoms with Crippen LogP contribution in [0.15, 0.2) is 30.5 Å². The van der Waals surface area contributed by atoms with Crippen molar-refractivity contribution in [3.05, 3.63) is 36.0 Å². The summed E-state index contributed by atoms with van der Waals surface area (Å²) in [6.07, 6.45) is 4.30. The molecule has 5 heteroatoms. The van der Waals surface area contributed by atoms with Crippen molar-refractivity contribution in [2.24, 2.45) is 11.8 Å². The maximum absolute atomic E-state index is 11.2. The lowest BCUT2D eigenvalue weighted by Gasteiger charge is -2.51. The Hall–Kier alpha value is -1.69. The Morgan fingerprint density at radius 1 is 1.36 bits per heavy atom. The predicted molar refractivity (Wildman–Crippen MR) is 96.5 cm³/mol. The Morgan fingerprint density at radius 2 is 2.24 bits per heavy atom. The molecule has 3 aliphatic rings. The molecule has 0 spiro atoms. The van der Waals surface area contributed by atoms with Crippen molar-refractivity contribution in [3.8, 4) is 5.75 Å². The smallest absolute Gasteiger partial charge is 0.119 e. The minimum absolute atomic E-state index is 0.144. The van der Waals surface area contributed by atoms with Crippen LogP contribution in [-0.4, -0.2) is 52.9 Å². The second kappa shape index (κ2) is 6.90. The number of methoxy groups -OCH3 is 1. The number of aromatic nitrogens is 1. The van der Waals surface area contributed by atoms with Gasteiger partial charge in [-0.25, -0.2) is 0 Å². The third-order valence-electron chi connectivity index (χ3n) is 6.10. The highest BCUT2D eigenvalue weighted by Crippen LogP contribution is 2.42. The molecule has 1 aromatic heterocycles. The molecule has 2 bridgehead atoms. The fraction of sp³-hybridized carbons (Fsp3) is 0.550. The van der Waals surface area contributed by atoms with Crippen molar-refractivity contribution in [1.29, 1.82) is 0 Å². The number of hydrogen-bond acceptors (Lipinski definition) is 5. The number of rotatable bonds is 5. The summed E-state index contributed by atoms with van der Waals surface area (Å²) in [5, 5.41) is 21.4. The van der Waals surface area contributed by atoms with Gasteiger partial charge in [0.15, 0.2) is 0 Å². The van der Waals surface area contributed by atoms with Crippen molar-refractivity contribution in [3.63, 3.8) is 0 Å².